The van der Waals surface area contributed by atoms with Gasteiger partial charge in [0.1, 0.15) is 6.54 Å². The van der Waals surface area contributed by atoms with Gasteiger partial charge < -0.3 is 4.90 Å². The Labute approximate surface area is 121 Å². The van der Waals surface area contributed by atoms with Crippen LogP contribution in [0.3, 0.4) is 0 Å². The second-order valence-electron chi connectivity index (χ2n) is 4.50. The number of imide groups is 1. The Morgan fingerprint density at radius 3 is 2.53 bits per heavy atom. The van der Waals surface area contributed by atoms with Gasteiger partial charge in [-0.3, -0.25) is 4.79 Å². The van der Waals surface area contributed by atoms with Crippen LogP contribution in [0.25, 0.3) is 0 Å². The number of urea groups is 1. The summed E-state index contributed by atoms with van der Waals surface area (Å²) in [5, 5.41) is 0.713. The summed E-state index contributed by atoms with van der Waals surface area (Å²) in [6, 6.07) is 4.44. The van der Waals surface area contributed by atoms with Crippen LogP contribution in [0.5, 0.6) is 0 Å². The zero-order valence-corrected chi connectivity index (χ0v) is 12.2. The van der Waals surface area contributed by atoms with Crippen molar-refractivity contribution in [3.63, 3.8) is 0 Å². The number of halogens is 2. The normalized spacial score (nSPS) is 17.3. The first-order valence-electron chi connectivity index (χ1n) is 6.04. The lowest BCUT2D eigenvalue weighted by Crippen LogP contribution is -2.37. The van der Waals surface area contributed by atoms with Gasteiger partial charge in [-0.15, -0.1) is 0 Å². The number of benzene rings is 1. The summed E-state index contributed by atoms with van der Waals surface area (Å²) in [6.45, 7) is 4.00. The molecule has 6 heteroatoms. The molecule has 1 aromatic rings. The summed E-state index contributed by atoms with van der Waals surface area (Å²) in [6.07, 6.45) is 0.800. The van der Waals surface area contributed by atoms with Crippen LogP contribution in [-0.2, 0) is 4.79 Å². The van der Waals surface area contributed by atoms with Gasteiger partial charge in [-0.1, -0.05) is 30.1 Å². The van der Waals surface area contributed by atoms with Crippen LogP contribution < -0.4 is 4.90 Å². The van der Waals surface area contributed by atoms with Crippen molar-refractivity contribution in [2.45, 2.75) is 26.3 Å². The summed E-state index contributed by atoms with van der Waals surface area (Å²) in [5.74, 6) is -0.247. The van der Waals surface area contributed by atoms with E-state index in [2.05, 4.69) is 0 Å². The highest BCUT2D eigenvalue weighted by Gasteiger charge is 2.39. The average Bonchev–Trinajstić information content (AvgIpc) is 2.68. The Morgan fingerprint density at radius 2 is 1.95 bits per heavy atom. The van der Waals surface area contributed by atoms with Crippen molar-refractivity contribution in [2.24, 2.45) is 0 Å². The Hall–Kier alpha value is -1.26. The van der Waals surface area contributed by atoms with Crippen molar-refractivity contribution < 1.29 is 9.59 Å². The fourth-order valence-electron chi connectivity index (χ4n) is 1.96. The second-order valence-corrected chi connectivity index (χ2v) is 5.31. The predicted octanol–water partition coefficient (Wildman–Crippen LogP) is 3.56. The zero-order chi connectivity index (χ0) is 14.2. The second kappa shape index (κ2) is 5.39. The predicted molar refractivity (Wildman–Crippen MR) is 75.8 cm³/mol. The van der Waals surface area contributed by atoms with E-state index in [1.807, 2.05) is 13.8 Å². The van der Waals surface area contributed by atoms with Crippen LogP contribution in [0.2, 0.25) is 10.0 Å². The Bertz CT molecular complexity index is 533. The van der Waals surface area contributed by atoms with Crippen LogP contribution in [-0.4, -0.2) is 29.4 Å². The number of rotatable bonds is 3. The van der Waals surface area contributed by atoms with Crippen molar-refractivity contribution in [1.82, 2.24) is 4.90 Å². The van der Waals surface area contributed by atoms with Gasteiger partial charge in [0.15, 0.2) is 0 Å². The highest BCUT2D eigenvalue weighted by Crippen LogP contribution is 2.30. The number of carbonyl (C=O) groups excluding carboxylic acids is 2. The molecule has 0 saturated carbocycles. The van der Waals surface area contributed by atoms with Gasteiger partial charge in [0.25, 0.3) is 5.91 Å². The van der Waals surface area contributed by atoms with Gasteiger partial charge in [0.2, 0.25) is 0 Å². The number of hydrogen-bond acceptors (Lipinski definition) is 2. The smallest absolute Gasteiger partial charge is 0.312 e. The molecular weight excluding hydrogens is 287 g/mol. The van der Waals surface area contributed by atoms with Crippen LogP contribution in [0.1, 0.15) is 20.3 Å². The van der Waals surface area contributed by atoms with Crippen molar-refractivity contribution in [2.75, 3.05) is 11.4 Å². The maximum absolute atomic E-state index is 12.3. The van der Waals surface area contributed by atoms with Crippen molar-refractivity contribution in [3.05, 3.63) is 28.2 Å². The van der Waals surface area contributed by atoms with E-state index in [1.54, 1.807) is 17.0 Å². The number of carbonyl (C=O) groups is 2. The molecule has 19 heavy (non-hydrogen) atoms. The van der Waals surface area contributed by atoms with E-state index in [0.29, 0.717) is 15.7 Å². The Morgan fingerprint density at radius 1 is 1.26 bits per heavy atom. The van der Waals surface area contributed by atoms with E-state index in [-0.39, 0.29) is 24.5 Å². The van der Waals surface area contributed by atoms with Crippen molar-refractivity contribution in [1.29, 1.82) is 0 Å². The third-order valence-corrected chi connectivity index (χ3v) is 4.02. The van der Waals surface area contributed by atoms with E-state index >= 15 is 0 Å². The van der Waals surface area contributed by atoms with Crippen LogP contribution in [0.15, 0.2) is 18.2 Å². The van der Waals surface area contributed by atoms with E-state index in [1.165, 1.54) is 6.07 Å². The number of amides is 3. The minimum Gasteiger partial charge on any atom is -0.312 e. The lowest BCUT2D eigenvalue weighted by Gasteiger charge is -2.22. The number of anilines is 1. The minimum atomic E-state index is -0.308. The molecule has 1 aromatic carbocycles. The van der Waals surface area contributed by atoms with Crippen LogP contribution in [0.4, 0.5) is 10.5 Å². The molecule has 1 aliphatic rings. The molecular formula is C13H14Cl2N2O2. The van der Waals surface area contributed by atoms with Gasteiger partial charge in [-0.25, -0.2) is 9.69 Å². The quantitative estimate of drug-likeness (QED) is 0.801. The number of nitrogens with zero attached hydrogens (tertiary/aromatic N) is 2. The van der Waals surface area contributed by atoms with Gasteiger partial charge >= 0.3 is 6.03 Å². The maximum atomic E-state index is 12.3. The molecule has 1 fully saturated rings. The summed E-state index contributed by atoms with van der Waals surface area (Å²) in [5.41, 5.74) is 0.454. The molecule has 1 aliphatic heterocycles. The molecule has 1 atom stereocenters. The molecule has 0 N–H and O–H groups in total. The Balaban J connectivity index is 2.32. The summed E-state index contributed by atoms with van der Waals surface area (Å²) in [4.78, 5) is 27.0. The third kappa shape index (κ3) is 2.55. The zero-order valence-electron chi connectivity index (χ0n) is 10.7. The average molecular weight is 301 g/mol. The van der Waals surface area contributed by atoms with Crippen LogP contribution in [0, 0.1) is 0 Å². The molecule has 3 amide bonds. The Kier molecular flexibility index (Phi) is 4.02. The highest BCUT2D eigenvalue weighted by atomic mass is 35.5. The number of hydrogen-bond donors (Lipinski definition) is 0. The maximum Gasteiger partial charge on any atom is 0.332 e. The lowest BCUT2D eigenvalue weighted by atomic mass is 10.2. The molecule has 1 saturated heterocycles. The minimum absolute atomic E-state index is 0.0317. The SMILES string of the molecule is CCC(C)N1CC(=O)N(c2ccc(Cl)c(Cl)c2)C1=O. The first kappa shape index (κ1) is 14.2. The van der Waals surface area contributed by atoms with Crippen molar-refractivity contribution >= 4 is 40.8 Å². The van der Waals surface area contributed by atoms with Gasteiger partial charge in [0, 0.05) is 6.04 Å². The van der Waals surface area contributed by atoms with Gasteiger partial charge in [0.05, 0.1) is 15.7 Å². The van der Waals surface area contributed by atoms with E-state index in [9.17, 15) is 9.59 Å². The molecule has 102 valence electrons. The molecule has 0 radical (unpaired) electrons. The van der Waals surface area contributed by atoms with Crippen LogP contribution >= 0.6 is 23.2 Å². The summed E-state index contributed by atoms with van der Waals surface area (Å²) >= 11 is 11.8. The molecule has 0 spiro atoms. The van der Waals surface area contributed by atoms with E-state index in [0.717, 1.165) is 11.3 Å². The monoisotopic (exact) mass is 300 g/mol. The molecule has 0 bridgehead atoms. The largest absolute Gasteiger partial charge is 0.332 e. The van der Waals surface area contributed by atoms with Gasteiger partial charge in [-0.2, -0.15) is 0 Å². The first-order valence-corrected chi connectivity index (χ1v) is 6.80. The molecule has 0 aromatic heterocycles. The lowest BCUT2D eigenvalue weighted by molar-refractivity contribution is -0.116. The first-order chi connectivity index (χ1) is 8.95. The summed E-state index contributed by atoms with van der Waals surface area (Å²) < 4.78 is 0. The molecule has 1 heterocycles. The topological polar surface area (TPSA) is 40.6 Å². The third-order valence-electron chi connectivity index (χ3n) is 3.28. The highest BCUT2D eigenvalue weighted by molar-refractivity contribution is 6.42. The standard InChI is InChI=1S/C13H14Cl2N2O2/c1-3-8(2)16-7-12(18)17(13(16)19)9-4-5-10(14)11(15)6-9/h4-6,8H,3,7H2,1-2H3. The fourth-order valence-corrected chi connectivity index (χ4v) is 2.25. The summed E-state index contributed by atoms with van der Waals surface area (Å²) in [7, 11) is 0. The van der Waals surface area contributed by atoms with Gasteiger partial charge in [-0.05, 0) is 31.5 Å². The van der Waals surface area contributed by atoms with E-state index < -0.39 is 0 Å². The molecule has 1 unspecified atom stereocenters. The van der Waals surface area contributed by atoms with Crippen molar-refractivity contribution in [3.8, 4) is 0 Å². The molecule has 2 rings (SSSR count). The fraction of sp³-hybridized carbons (Fsp3) is 0.385. The molecule has 4 nitrogen and oxygen atoms in total. The van der Waals surface area contributed by atoms with E-state index in [4.69, 9.17) is 23.2 Å². The molecule has 0 aliphatic carbocycles.